The van der Waals surface area contributed by atoms with Gasteiger partial charge in [-0.25, -0.2) is 9.69 Å². The fourth-order valence-electron chi connectivity index (χ4n) is 2.99. The normalized spacial score (nSPS) is 15.8. The van der Waals surface area contributed by atoms with E-state index in [1.54, 1.807) is 17.8 Å². The maximum absolute atomic E-state index is 10.3. The van der Waals surface area contributed by atoms with E-state index in [0.717, 1.165) is 11.3 Å². The molecule has 0 fully saturated rings. The Morgan fingerprint density at radius 3 is 2.55 bits per heavy atom. The first-order chi connectivity index (χ1) is 14.2. The first-order valence-electron chi connectivity index (χ1n) is 9.27. The molecule has 9 heteroatoms. The molecule has 0 saturated heterocycles. The summed E-state index contributed by atoms with van der Waals surface area (Å²) < 4.78 is 13.4. The van der Waals surface area contributed by atoms with E-state index in [4.69, 9.17) is 9.47 Å². The number of benzene rings is 2. The fourth-order valence-corrected chi connectivity index (χ4v) is 2.99. The standard InChI is InChI=1S/C20H22N6O3/c1-3-28-18-11-7-10-17(26-20(27)24(2)22-23-26)16(18)14-29-19-12-13-25(21-19)15-8-5-4-6-9-15/h4-13,20,27H,3,14H2,1-2H3. The zero-order valence-electron chi connectivity index (χ0n) is 16.2. The van der Waals surface area contributed by atoms with Crippen molar-refractivity contribution in [3.05, 3.63) is 66.4 Å². The molecular formula is C20H22N6O3. The lowest BCUT2D eigenvalue weighted by molar-refractivity contribution is 0.0455. The van der Waals surface area contributed by atoms with Gasteiger partial charge in [-0.1, -0.05) is 24.3 Å². The number of aliphatic hydroxyl groups excluding tert-OH is 1. The largest absolute Gasteiger partial charge is 0.493 e. The van der Waals surface area contributed by atoms with Crippen LogP contribution in [0.4, 0.5) is 5.69 Å². The highest BCUT2D eigenvalue weighted by molar-refractivity contribution is 5.59. The number of ether oxygens (including phenoxy) is 2. The predicted octanol–water partition coefficient (Wildman–Crippen LogP) is 3.16. The van der Waals surface area contributed by atoms with E-state index in [-0.39, 0.29) is 6.61 Å². The number of hydrogen-bond donors (Lipinski definition) is 1. The van der Waals surface area contributed by atoms with Crippen molar-refractivity contribution in [3.8, 4) is 17.3 Å². The van der Waals surface area contributed by atoms with Gasteiger partial charge in [-0.05, 0) is 41.6 Å². The average molecular weight is 394 g/mol. The Bertz CT molecular complexity index is 991. The van der Waals surface area contributed by atoms with Crippen LogP contribution in [0.3, 0.4) is 0 Å². The molecule has 0 saturated carbocycles. The minimum Gasteiger partial charge on any atom is -0.493 e. The van der Waals surface area contributed by atoms with E-state index in [2.05, 4.69) is 15.5 Å². The molecule has 2 heterocycles. The molecule has 150 valence electrons. The minimum absolute atomic E-state index is 0.194. The Labute approximate surface area is 168 Å². The molecule has 1 N–H and O–H groups in total. The molecule has 1 unspecified atom stereocenters. The van der Waals surface area contributed by atoms with Gasteiger partial charge in [0.2, 0.25) is 12.2 Å². The van der Waals surface area contributed by atoms with Gasteiger partial charge in [-0.15, -0.1) is 5.10 Å². The molecule has 0 aliphatic carbocycles. The first kappa shape index (κ1) is 18.8. The van der Waals surface area contributed by atoms with Crippen molar-refractivity contribution < 1.29 is 14.6 Å². The molecular weight excluding hydrogens is 372 g/mol. The number of aromatic nitrogens is 2. The maximum atomic E-state index is 10.3. The second-order valence-electron chi connectivity index (χ2n) is 6.35. The third-order valence-electron chi connectivity index (χ3n) is 4.44. The van der Waals surface area contributed by atoms with E-state index in [1.165, 1.54) is 10.0 Å². The molecule has 0 amide bonds. The highest BCUT2D eigenvalue weighted by Gasteiger charge is 2.29. The highest BCUT2D eigenvalue weighted by Crippen LogP contribution is 2.34. The number of hydrogen-bond acceptors (Lipinski definition) is 8. The SMILES string of the molecule is CCOc1cccc(N2N=NN(C)C2O)c1COc1ccn(-c2ccccc2)n1. The fraction of sp³-hybridized carbons (Fsp3) is 0.250. The second-order valence-corrected chi connectivity index (χ2v) is 6.35. The van der Waals surface area contributed by atoms with Crippen LogP contribution < -0.4 is 14.5 Å². The first-order valence-corrected chi connectivity index (χ1v) is 9.27. The minimum atomic E-state index is -0.997. The third kappa shape index (κ3) is 3.85. The molecule has 4 rings (SSSR count). The molecule has 29 heavy (non-hydrogen) atoms. The molecule has 1 aromatic heterocycles. The van der Waals surface area contributed by atoms with Crippen molar-refractivity contribution in [3.63, 3.8) is 0 Å². The van der Waals surface area contributed by atoms with Gasteiger partial charge in [0, 0.05) is 19.3 Å². The lowest BCUT2D eigenvalue weighted by Crippen LogP contribution is -2.36. The van der Waals surface area contributed by atoms with Crippen molar-refractivity contribution in [2.75, 3.05) is 18.7 Å². The van der Waals surface area contributed by atoms with E-state index >= 15 is 0 Å². The second kappa shape index (κ2) is 8.19. The van der Waals surface area contributed by atoms with Crippen LogP contribution in [0.5, 0.6) is 11.6 Å². The summed E-state index contributed by atoms with van der Waals surface area (Å²) in [6.07, 6.45) is 0.843. The van der Waals surface area contributed by atoms with Crippen molar-refractivity contribution in [1.29, 1.82) is 0 Å². The lowest BCUT2D eigenvalue weighted by Gasteiger charge is -2.23. The van der Waals surface area contributed by atoms with E-state index < -0.39 is 6.35 Å². The van der Waals surface area contributed by atoms with Crippen molar-refractivity contribution in [2.45, 2.75) is 19.9 Å². The van der Waals surface area contributed by atoms with Gasteiger partial charge in [0.25, 0.3) is 0 Å². The van der Waals surface area contributed by atoms with Crippen LogP contribution in [0.1, 0.15) is 12.5 Å². The molecule has 0 spiro atoms. The molecule has 0 radical (unpaired) electrons. The number of nitrogens with zero attached hydrogens (tertiary/aromatic N) is 6. The van der Waals surface area contributed by atoms with Crippen molar-refractivity contribution in [2.24, 2.45) is 10.4 Å². The third-order valence-corrected chi connectivity index (χ3v) is 4.44. The molecule has 1 atom stereocenters. The summed E-state index contributed by atoms with van der Waals surface area (Å²) in [5.41, 5.74) is 2.34. The van der Waals surface area contributed by atoms with E-state index in [0.29, 0.717) is 23.9 Å². The number of anilines is 1. The summed E-state index contributed by atoms with van der Waals surface area (Å²) in [6.45, 7) is 2.61. The summed E-state index contributed by atoms with van der Waals surface area (Å²) in [5, 5.41) is 25.5. The molecule has 1 aliphatic heterocycles. The van der Waals surface area contributed by atoms with Crippen LogP contribution in [0.2, 0.25) is 0 Å². The van der Waals surface area contributed by atoms with Crippen LogP contribution in [0.25, 0.3) is 5.69 Å². The summed E-state index contributed by atoms with van der Waals surface area (Å²) in [4.78, 5) is 0. The topological polar surface area (TPSA) is 87.7 Å². The molecule has 3 aromatic rings. The Morgan fingerprint density at radius 1 is 1.00 bits per heavy atom. The maximum Gasteiger partial charge on any atom is 0.245 e. The average Bonchev–Trinajstić information content (AvgIpc) is 3.35. The highest BCUT2D eigenvalue weighted by atomic mass is 16.5. The lowest BCUT2D eigenvalue weighted by atomic mass is 10.1. The summed E-state index contributed by atoms with van der Waals surface area (Å²) >= 11 is 0. The number of aliphatic hydroxyl groups is 1. The molecule has 9 nitrogen and oxygen atoms in total. The predicted molar refractivity (Wildman–Crippen MR) is 107 cm³/mol. The van der Waals surface area contributed by atoms with Gasteiger partial charge in [-0.3, -0.25) is 0 Å². The Morgan fingerprint density at radius 2 is 1.83 bits per heavy atom. The quantitative estimate of drug-likeness (QED) is 0.662. The summed E-state index contributed by atoms with van der Waals surface area (Å²) in [7, 11) is 1.65. The van der Waals surface area contributed by atoms with Crippen LogP contribution in [-0.4, -0.2) is 39.9 Å². The van der Waals surface area contributed by atoms with Gasteiger partial charge < -0.3 is 14.6 Å². The van der Waals surface area contributed by atoms with Crippen molar-refractivity contribution in [1.82, 2.24) is 14.8 Å². The zero-order valence-corrected chi connectivity index (χ0v) is 16.2. The molecule has 2 aromatic carbocycles. The van der Waals surface area contributed by atoms with Gasteiger partial charge in [0.1, 0.15) is 12.4 Å². The zero-order chi connectivity index (χ0) is 20.2. The van der Waals surface area contributed by atoms with Gasteiger partial charge in [0.15, 0.2) is 0 Å². The van der Waals surface area contributed by atoms with Crippen LogP contribution in [0, 0.1) is 0 Å². The van der Waals surface area contributed by atoms with E-state index in [9.17, 15) is 5.11 Å². The van der Waals surface area contributed by atoms with Crippen LogP contribution >= 0.6 is 0 Å². The summed E-state index contributed by atoms with van der Waals surface area (Å²) in [6, 6.07) is 17.1. The smallest absolute Gasteiger partial charge is 0.245 e. The summed E-state index contributed by atoms with van der Waals surface area (Å²) in [5.74, 6) is 1.14. The van der Waals surface area contributed by atoms with Gasteiger partial charge >= 0.3 is 0 Å². The Hall–Kier alpha value is -3.59. The van der Waals surface area contributed by atoms with Crippen LogP contribution in [-0.2, 0) is 6.61 Å². The number of para-hydroxylation sites is 1. The van der Waals surface area contributed by atoms with E-state index in [1.807, 2.05) is 61.7 Å². The van der Waals surface area contributed by atoms with Crippen molar-refractivity contribution >= 4 is 5.69 Å². The monoisotopic (exact) mass is 394 g/mol. The van der Waals surface area contributed by atoms with Crippen LogP contribution in [0.15, 0.2) is 71.2 Å². The van der Waals surface area contributed by atoms with Gasteiger partial charge in [-0.2, -0.15) is 5.01 Å². The Kier molecular flexibility index (Phi) is 5.30. The Balaban J connectivity index is 1.58. The number of rotatable bonds is 7. The van der Waals surface area contributed by atoms with Gasteiger partial charge in [0.05, 0.1) is 23.5 Å². The molecule has 1 aliphatic rings. The molecule has 0 bridgehead atoms.